The number of thiophene rings is 1. The van der Waals surface area contributed by atoms with E-state index in [1.807, 2.05) is 18.2 Å². The molecule has 2 aromatic rings. The lowest BCUT2D eigenvalue weighted by Gasteiger charge is -2.13. The number of benzene rings is 1. The zero-order valence-corrected chi connectivity index (χ0v) is 17.7. The molecule has 27 heavy (non-hydrogen) atoms. The molecule has 0 atom stereocenters. The maximum atomic E-state index is 12.6. The summed E-state index contributed by atoms with van der Waals surface area (Å²) in [6.07, 6.45) is 3.74. The minimum Gasteiger partial charge on any atom is -0.452 e. The van der Waals surface area contributed by atoms with E-state index in [0.29, 0.717) is 16.3 Å². The van der Waals surface area contributed by atoms with E-state index in [9.17, 15) is 14.4 Å². The Labute approximate surface area is 174 Å². The van der Waals surface area contributed by atoms with Crippen molar-refractivity contribution in [1.82, 2.24) is 0 Å². The van der Waals surface area contributed by atoms with Crippen LogP contribution in [0.25, 0.3) is 0 Å². The first-order valence-corrected chi connectivity index (χ1v) is 10.5. The van der Waals surface area contributed by atoms with E-state index in [4.69, 9.17) is 4.74 Å². The fraction of sp³-hybridized carbons (Fsp3) is 0.316. The van der Waals surface area contributed by atoms with E-state index in [0.717, 1.165) is 39.7 Å². The first-order valence-electron chi connectivity index (χ1n) is 8.58. The highest BCUT2D eigenvalue weighted by atomic mass is 127. The first-order chi connectivity index (χ1) is 12.9. The Morgan fingerprint density at radius 1 is 1.19 bits per heavy atom. The molecule has 3 rings (SSSR count). The quantitative estimate of drug-likeness (QED) is 0.483. The predicted molar refractivity (Wildman–Crippen MR) is 113 cm³/mol. The zero-order chi connectivity index (χ0) is 19.4. The molecule has 1 aliphatic carbocycles. The van der Waals surface area contributed by atoms with Gasteiger partial charge in [0.15, 0.2) is 6.61 Å². The number of nitrogens with one attached hydrogen (secondary N) is 2. The molecule has 1 aliphatic rings. The predicted octanol–water partition coefficient (Wildman–Crippen LogP) is 3.99. The van der Waals surface area contributed by atoms with Crippen LogP contribution in [0.5, 0.6) is 0 Å². The van der Waals surface area contributed by atoms with Gasteiger partial charge >= 0.3 is 5.97 Å². The highest BCUT2D eigenvalue weighted by molar-refractivity contribution is 14.1. The summed E-state index contributed by atoms with van der Waals surface area (Å²) in [5, 5.41) is 5.94. The molecular weight excluding hydrogens is 479 g/mol. The average molecular weight is 498 g/mol. The molecule has 8 heteroatoms. The Bertz CT molecular complexity index is 894. The number of hydrogen-bond donors (Lipinski definition) is 2. The number of amides is 2. The largest absolute Gasteiger partial charge is 0.452 e. The summed E-state index contributed by atoms with van der Waals surface area (Å²) in [7, 11) is 0. The summed E-state index contributed by atoms with van der Waals surface area (Å²) in [5.41, 5.74) is 1.99. The molecule has 0 saturated heterocycles. The Hall–Kier alpha value is -1.94. The SMILES string of the molecule is CC(=O)Nc1sc2c(c1C(=O)OCC(=O)Nc1cccc(I)c1)CCCC2. The Balaban J connectivity index is 1.69. The molecule has 0 spiro atoms. The third-order valence-corrected chi connectivity index (χ3v) is 5.99. The smallest absolute Gasteiger partial charge is 0.341 e. The van der Waals surface area contributed by atoms with Gasteiger partial charge in [0, 0.05) is 21.1 Å². The van der Waals surface area contributed by atoms with Crippen molar-refractivity contribution in [3.8, 4) is 0 Å². The van der Waals surface area contributed by atoms with Crippen molar-refractivity contribution in [3.63, 3.8) is 0 Å². The van der Waals surface area contributed by atoms with Crippen LogP contribution in [0.15, 0.2) is 24.3 Å². The number of aryl methyl sites for hydroxylation is 1. The number of halogens is 1. The van der Waals surface area contributed by atoms with Gasteiger partial charge in [0.2, 0.25) is 5.91 Å². The number of hydrogen-bond acceptors (Lipinski definition) is 5. The summed E-state index contributed by atoms with van der Waals surface area (Å²) in [6, 6.07) is 7.34. The van der Waals surface area contributed by atoms with E-state index < -0.39 is 11.9 Å². The summed E-state index contributed by atoms with van der Waals surface area (Å²) in [4.78, 5) is 37.3. The van der Waals surface area contributed by atoms with Crippen LogP contribution in [-0.4, -0.2) is 24.4 Å². The molecule has 142 valence electrons. The van der Waals surface area contributed by atoms with Gasteiger partial charge in [-0.1, -0.05) is 6.07 Å². The molecule has 0 unspecified atom stereocenters. The number of anilines is 2. The molecule has 1 heterocycles. The highest BCUT2D eigenvalue weighted by Gasteiger charge is 2.27. The number of fused-ring (bicyclic) bond motifs is 1. The lowest BCUT2D eigenvalue weighted by molar-refractivity contribution is -0.119. The minimum absolute atomic E-state index is 0.237. The van der Waals surface area contributed by atoms with Crippen LogP contribution in [0, 0.1) is 3.57 Å². The van der Waals surface area contributed by atoms with Crippen molar-refractivity contribution < 1.29 is 19.1 Å². The molecule has 1 aromatic carbocycles. The fourth-order valence-electron chi connectivity index (χ4n) is 3.00. The molecule has 2 N–H and O–H groups in total. The Kier molecular flexibility index (Phi) is 6.48. The van der Waals surface area contributed by atoms with Crippen LogP contribution in [0.2, 0.25) is 0 Å². The van der Waals surface area contributed by atoms with Gasteiger partial charge in [-0.2, -0.15) is 0 Å². The van der Waals surface area contributed by atoms with Crippen molar-refractivity contribution in [2.75, 3.05) is 17.2 Å². The van der Waals surface area contributed by atoms with E-state index in [1.54, 1.807) is 6.07 Å². The Morgan fingerprint density at radius 3 is 2.70 bits per heavy atom. The van der Waals surface area contributed by atoms with Crippen molar-refractivity contribution in [2.45, 2.75) is 32.6 Å². The van der Waals surface area contributed by atoms with Gasteiger partial charge in [0.05, 0.1) is 5.56 Å². The molecule has 0 fully saturated rings. The van der Waals surface area contributed by atoms with Gasteiger partial charge in [0.25, 0.3) is 5.91 Å². The number of carbonyl (C=O) groups is 3. The average Bonchev–Trinajstić information content (AvgIpc) is 2.96. The topological polar surface area (TPSA) is 84.5 Å². The molecule has 2 amide bonds. The van der Waals surface area contributed by atoms with Gasteiger partial charge in [-0.15, -0.1) is 11.3 Å². The van der Waals surface area contributed by atoms with Crippen molar-refractivity contribution in [3.05, 3.63) is 43.8 Å². The second-order valence-corrected chi connectivity index (χ2v) is 8.58. The highest BCUT2D eigenvalue weighted by Crippen LogP contribution is 2.38. The lowest BCUT2D eigenvalue weighted by Crippen LogP contribution is -2.22. The molecule has 0 bridgehead atoms. The van der Waals surface area contributed by atoms with Gasteiger partial charge < -0.3 is 15.4 Å². The summed E-state index contributed by atoms with van der Waals surface area (Å²) >= 11 is 3.58. The fourth-order valence-corrected chi connectivity index (χ4v) is 4.86. The standard InChI is InChI=1S/C19H19IN2O4S/c1-11(23)21-18-17(14-7-2-3-8-15(14)27-18)19(25)26-10-16(24)22-13-6-4-5-12(20)9-13/h4-6,9H,2-3,7-8,10H2,1H3,(H,21,23)(H,22,24). The summed E-state index contributed by atoms with van der Waals surface area (Å²) in [6.45, 7) is 1.02. The maximum absolute atomic E-state index is 12.6. The number of ether oxygens (including phenoxy) is 1. The molecular formula is C19H19IN2O4S. The van der Waals surface area contributed by atoms with E-state index >= 15 is 0 Å². The van der Waals surface area contributed by atoms with Gasteiger partial charge in [-0.25, -0.2) is 4.79 Å². The van der Waals surface area contributed by atoms with Crippen molar-refractivity contribution in [2.24, 2.45) is 0 Å². The molecule has 0 radical (unpaired) electrons. The zero-order valence-electron chi connectivity index (χ0n) is 14.8. The molecule has 1 aromatic heterocycles. The van der Waals surface area contributed by atoms with E-state index in [2.05, 4.69) is 33.2 Å². The summed E-state index contributed by atoms with van der Waals surface area (Å²) < 4.78 is 6.23. The summed E-state index contributed by atoms with van der Waals surface area (Å²) in [5.74, 6) is -1.22. The molecule has 0 aliphatic heterocycles. The minimum atomic E-state index is -0.573. The van der Waals surface area contributed by atoms with E-state index in [1.165, 1.54) is 18.3 Å². The number of carbonyl (C=O) groups excluding carboxylic acids is 3. The van der Waals surface area contributed by atoms with Gasteiger partial charge in [-0.3, -0.25) is 9.59 Å². The van der Waals surface area contributed by atoms with Crippen LogP contribution >= 0.6 is 33.9 Å². The second-order valence-electron chi connectivity index (χ2n) is 6.23. The normalized spacial score (nSPS) is 12.8. The number of rotatable bonds is 5. The van der Waals surface area contributed by atoms with Crippen LogP contribution < -0.4 is 10.6 Å². The Morgan fingerprint density at radius 2 is 1.96 bits per heavy atom. The third kappa shape index (κ3) is 5.07. The number of esters is 1. The van der Waals surface area contributed by atoms with Crippen LogP contribution in [0.3, 0.4) is 0 Å². The van der Waals surface area contributed by atoms with Gasteiger partial charge in [-0.05, 0) is 72.0 Å². The maximum Gasteiger partial charge on any atom is 0.341 e. The van der Waals surface area contributed by atoms with Crippen LogP contribution in [0.1, 0.15) is 40.6 Å². The second kappa shape index (κ2) is 8.83. The molecule has 6 nitrogen and oxygen atoms in total. The molecule has 0 saturated carbocycles. The van der Waals surface area contributed by atoms with Crippen LogP contribution in [-0.2, 0) is 27.2 Å². The van der Waals surface area contributed by atoms with Crippen LogP contribution in [0.4, 0.5) is 10.7 Å². The van der Waals surface area contributed by atoms with Crippen molar-refractivity contribution >= 4 is 62.4 Å². The van der Waals surface area contributed by atoms with Crippen molar-refractivity contribution in [1.29, 1.82) is 0 Å². The van der Waals surface area contributed by atoms with E-state index in [-0.39, 0.29) is 12.5 Å². The first kappa shape index (κ1) is 19.8. The third-order valence-electron chi connectivity index (χ3n) is 4.11. The lowest BCUT2D eigenvalue weighted by atomic mass is 9.95. The van der Waals surface area contributed by atoms with Gasteiger partial charge in [0.1, 0.15) is 5.00 Å². The monoisotopic (exact) mass is 498 g/mol.